The SMILES string of the molecule is I.O=[N+]([O-])c1ccc(CN=C(NCc2ccccn2)NCC2CCOC2)cc1. The van der Waals surface area contributed by atoms with Crippen LogP contribution in [0.25, 0.3) is 0 Å². The Morgan fingerprint density at radius 3 is 2.71 bits per heavy atom. The van der Waals surface area contributed by atoms with Crippen molar-refractivity contribution in [2.24, 2.45) is 10.9 Å². The van der Waals surface area contributed by atoms with E-state index < -0.39 is 4.92 Å². The Bertz CT molecular complexity index is 765. The van der Waals surface area contributed by atoms with Crippen LogP contribution in [0.5, 0.6) is 0 Å². The summed E-state index contributed by atoms with van der Waals surface area (Å²) in [5, 5.41) is 17.4. The quantitative estimate of drug-likeness (QED) is 0.201. The van der Waals surface area contributed by atoms with E-state index >= 15 is 0 Å². The predicted octanol–water partition coefficient (Wildman–Crippen LogP) is 2.88. The molecule has 0 spiro atoms. The van der Waals surface area contributed by atoms with Crippen LogP contribution in [-0.2, 0) is 17.8 Å². The fourth-order valence-corrected chi connectivity index (χ4v) is 2.73. The van der Waals surface area contributed by atoms with Gasteiger partial charge in [0.2, 0.25) is 0 Å². The minimum Gasteiger partial charge on any atom is -0.381 e. The number of non-ortho nitro benzene ring substituents is 1. The number of ether oxygens (including phenoxy) is 1. The zero-order valence-electron chi connectivity index (χ0n) is 15.4. The molecule has 2 N–H and O–H groups in total. The Balaban J connectivity index is 0.00000280. The standard InChI is InChI=1S/C19H23N5O3.HI/c25-24(26)18-6-4-15(5-7-18)11-21-19(22-12-16-8-10-27-14-16)23-13-17-3-1-2-9-20-17;/h1-7,9,16H,8,10-14H2,(H2,21,22,23);1H. The Morgan fingerprint density at radius 1 is 1.25 bits per heavy atom. The predicted molar refractivity (Wildman–Crippen MR) is 118 cm³/mol. The summed E-state index contributed by atoms with van der Waals surface area (Å²) in [6.45, 7) is 3.35. The van der Waals surface area contributed by atoms with Gasteiger partial charge in [-0.2, -0.15) is 0 Å². The summed E-state index contributed by atoms with van der Waals surface area (Å²) in [6.07, 6.45) is 2.80. The molecule has 1 fully saturated rings. The molecule has 1 atom stereocenters. The zero-order chi connectivity index (χ0) is 18.9. The molecule has 0 radical (unpaired) electrons. The van der Waals surface area contributed by atoms with Gasteiger partial charge in [0.05, 0.1) is 30.3 Å². The average Bonchev–Trinajstić information content (AvgIpc) is 3.22. The van der Waals surface area contributed by atoms with Crippen molar-refractivity contribution in [3.8, 4) is 0 Å². The average molecular weight is 497 g/mol. The largest absolute Gasteiger partial charge is 0.381 e. The highest BCUT2D eigenvalue weighted by atomic mass is 127. The van der Waals surface area contributed by atoms with Crippen molar-refractivity contribution in [3.63, 3.8) is 0 Å². The minimum absolute atomic E-state index is 0. The number of nitrogens with zero attached hydrogens (tertiary/aromatic N) is 3. The fourth-order valence-electron chi connectivity index (χ4n) is 2.73. The van der Waals surface area contributed by atoms with Gasteiger partial charge in [-0.3, -0.25) is 15.1 Å². The molecule has 0 saturated carbocycles. The van der Waals surface area contributed by atoms with Gasteiger partial charge in [0, 0.05) is 37.4 Å². The Kier molecular flexibility index (Phi) is 9.08. The minimum atomic E-state index is -0.405. The lowest BCUT2D eigenvalue weighted by atomic mass is 10.1. The highest BCUT2D eigenvalue weighted by molar-refractivity contribution is 14.0. The molecule has 1 aromatic carbocycles. The maximum Gasteiger partial charge on any atom is 0.269 e. The second-order valence-corrected chi connectivity index (χ2v) is 6.37. The summed E-state index contributed by atoms with van der Waals surface area (Å²) in [5.74, 6) is 1.16. The second-order valence-electron chi connectivity index (χ2n) is 6.37. The molecule has 0 aliphatic carbocycles. The monoisotopic (exact) mass is 497 g/mol. The first-order valence-electron chi connectivity index (χ1n) is 8.94. The third-order valence-corrected chi connectivity index (χ3v) is 4.31. The molecule has 28 heavy (non-hydrogen) atoms. The molecule has 9 heteroatoms. The number of nitrogens with one attached hydrogen (secondary N) is 2. The number of nitro benzene ring substituents is 1. The van der Waals surface area contributed by atoms with Crippen LogP contribution in [0.3, 0.4) is 0 Å². The van der Waals surface area contributed by atoms with Crippen molar-refractivity contribution in [2.75, 3.05) is 19.8 Å². The third-order valence-electron chi connectivity index (χ3n) is 4.31. The van der Waals surface area contributed by atoms with Crippen LogP contribution in [0.15, 0.2) is 53.7 Å². The molecule has 0 amide bonds. The molecule has 1 aliphatic rings. The van der Waals surface area contributed by atoms with Gasteiger partial charge in [-0.15, -0.1) is 24.0 Å². The van der Waals surface area contributed by atoms with E-state index in [0.29, 0.717) is 25.0 Å². The van der Waals surface area contributed by atoms with Crippen LogP contribution in [0.4, 0.5) is 5.69 Å². The van der Waals surface area contributed by atoms with E-state index in [2.05, 4.69) is 20.6 Å². The van der Waals surface area contributed by atoms with E-state index in [9.17, 15) is 10.1 Å². The summed E-state index contributed by atoms with van der Waals surface area (Å²) < 4.78 is 5.41. The zero-order valence-corrected chi connectivity index (χ0v) is 17.7. The first-order valence-corrected chi connectivity index (χ1v) is 8.94. The summed E-state index contributed by atoms with van der Waals surface area (Å²) in [7, 11) is 0. The van der Waals surface area contributed by atoms with Crippen molar-refractivity contribution in [3.05, 3.63) is 70.0 Å². The first-order chi connectivity index (χ1) is 13.2. The summed E-state index contributed by atoms with van der Waals surface area (Å²) in [6, 6.07) is 12.2. The lowest BCUT2D eigenvalue weighted by Crippen LogP contribution is -2.39. The van der Waals surface area contributed by atoms with Crippen LogP contribution < -0.4 is 10.6 Å². The lowest BCUT2D eigenvalue weighted by Gasteiger charge is -2.15. The number of pyridine rings is 1. The van der Waals surface area contributed by atoms with Gasteiger partial charge in [-0.05, 0) is 24.1 Å². The number of benzene rings is 1. The number of halogens is 1. The maximum absolute atomic E-state index is 10.8. The molecule has 8 nitrogen and oxygen atoms in total. The van der Waals surface area contributed by atoms with Crippen molar-refractivity contribution < 1.29 is 9.66 Å². The van der Waals surface area contributed by atoms with Gasteiger partial charge in [-0.25, -0.2) is 4.99 Å². The van der Waals surface area contributed by atoms with Gasteiger partial charge < -0.3 is 15.4 Å². The van der Waals surface area contributed by atoms with Crippen LogP contribution in [0, 0.1) is 16.0 Å². The molecular formula is C19H24IN5O3. The number of rotatable bonds is 7. The van der Waals surface area contributed by atoms with Gasteiger partial charge in [0.1, 0.15) is 0 Å². The van der Waals surface area contributed by atoms with E-state index in [1.165, 1.54) is 12.1 Å². The third kappa shape index (κ3) is 7.04. The summed E-state index contributed by atoms with van der Waals surface area (Å²) in [4.78, 5) is 19.3. The molecule has 1 unspecified atom stereocenters. The lowest BCUT2D eigenvalue weighted by molar-refractivity contribution is -0.384. The number of guanidine groups is 1. The van der Waals surface area contributed by atoms with E-state index in [1.54, 1.807) is 18.3 Å². The van der Waals surface area contributed by atoms with Gasteiger partial charge in [0.15, 0.2) is 5.96 Å². The van der Waals surface area contributed by atoms with E-state index in [-0.39, 0.29) is 29.7 Å². The van der Waals surface area contributed by atoms with Crippen LogP contribution >= 0.6 is 24.0 Å². The van der Waals surface area contributed by atoms with Crippen LogP contribution in [0.1, 0.15) is 17.7 Å². The fraction of sp³-hybridized carbons (Fsp3) is 0.368. The molecule has 150 valence electrons. The normalized spacial score (nSPS) is 16.3. The first kappa shape index (κ1) is 22.0. The summed E-state index contributed by atoms with van der Waals surface area (Å²) in [5.41, 5.74) is 1.91. The van der Waals surface area contributed by atoms with E-state index in [1.807, 2.05) is 18.2 Å². The molecular weight excluding hydrogens is 473 g/mol. The van der Waals surface area contributed by atoms with E-state index in [4.69, 9.17) is 4.74 Å². The van der Waals surface area contributed by atoms with Gasteiger partial charge in [-0.1, -0.05) is 18.2 Å². The number of hydrogen-bond acceptors (Lipinski definition) is 5. The highest BCUT2D eigenvalue weighted by Crippen LogP contribution is 2.13. The number of aromatic nitrogens is 1. The highest BCUT2D eigenvalue weighted by Gasteiger charge is 2.15. The Hall–Kier alpha value is -2.27. The molecule has 2 aromatic rings. The van der Waals surface area contributed by atoms with Gasteiger partial charge in [0.25, 0.3) is 5.69 Å². The van der Waals surface area contributed by atoms with Crippen molar-refractivity contribution in [2.45, 2.75) is 19.5 Å². The molecule has 3 rings (SSSR count). The van der Waals surface area contributed by atoms with Crippen LogP contribution in [0.2, 0.25) is 0 Å². The number of aliphatic imine (C=N–C) groups is 1. The van der Waals surface area contributed by atoms with Gasteiger partial charge >= 0.3 is 0 Å². The van der Waals surface area contributed by atoms with E-state index in [0.717, 1.165) is 37.4 Å². The molecule has 1 saturated heterocycles. The number of hydrogen-bond donors (Lipinski definition) is 2. The number of nitro groups is 1. The second kappa shape index (κ2) is 11.5. The Labute approximate surface area is 181 Å². The Morgan fingerprint density at radius 2 is 2.07 bits per heavy atom. The summed E-state index contributed by atoms with van der Waals surface area (Å²) >= 11 is 0. The van der Waals surface area contributed by atoms with Crippen molar-refractivity contribution in [1.82, 2.24) is 15.6 Å². The smallest absolute Gasteiger partial charge is 0.269 e. The molecule has 1 aliphatic heterocycles. The maximum atomic E-state index is 10.8. The van der Waals surface area contributed by atoms with Crippen molar-refractivity contribution in [1.29, 1.82) is 0 Å². The molecule has 2 heterocycles. The molecule has 1 aromatic heterocycles. The topological polar surface area (TPSA) is 102 Å². The van der Waals surface area contributed by atoms with Crippen LogP contribution in [-0.4, -0.2) is 35.6 Å². The van der Waals surface area contributed by atoms with Crippen molar-refractivity contribution >= 4 is 35.6 Å². The molecule has 0 bridgehead atoms.